The second-order valence-corrected chi connectivity index (χ2v) is 6.25. The molecule has 2 atom stereocenters. The molecule has 2 aliphatic rings. The second-order valence-electron chi connectivity index (χ2n) is 5.84. The van der Waals surface area contributed by atoms with Crippen molar-refractivity contribution in [3.63, 3.8) is 0 Å². The zero-order chi connectivity index (χ0) is 14.4. The van der Waals surface area contributed by atoms with E-state index in [2.05, 4.69) is 6.07 Å². The molecular formula is C18H16ClNO. The molecule has 2 unspecified atom stereocenters. The smallest absolute Gasteiger partial charge is 0.230 e. The van der Waals surface area contributed by atoms with E-state index in [4.69, 9.17) is 11.6 Å². The van der Waals surface area contributed by atoms with Crippen LogP contribution in [-0.4, -0.2) is 12.5 Å². The highest BCUT2D eigenvalue weighted by Gasteiger charge is 2.47. The maximum atomic E-state index is 12.7. The standard InChI is InChI=1S/C18H16ClNO/c19-16-7-3-2-6-13(16)14-11-15(14)18(21)20-10-9-12-5-1-4-8-17(12)20/h1-8,14-15H,9-11H2. The van der Waals surface area contributed by atoms with Gasteiger partial charge in [0.25, 0.3) is 0 Å². The highest BCUT2D eigenvalue weighted by Crippen LogP contribution is 2.51. The van der Waals surface area contributed by atoms with Gasteiger partial charge < -0.3 is 4.90 Å². The van der Waals surface area contributed by atoms with Gasteiger partial charge >= 0.3 is 0 Å². The summed E-state index contributed by atoms with van der Waals surface area (Å²) in [5.74, 6) is 0.639. The van der Waals surface area contributed by atoms with Gasteiger partial charge in [0.1, 0.15) is 0 Å². The Kier molecular flexibility index (Phi) is 3.00. The third-order valence-corrected chi connectivity index (χ3v) is 4.91. The molecule has 3 heteroatoms. The lowest BCUT2D eigenvalue weighted by molar-refractivity contribution is -0.119. The molecule has 0 bridgehead atoms. The summed E-state index contributed by atoms with van der Waals surface area (Å²) in [6.45, 7) is 0.809. The Morgan fingerprint density at radius 3 is 2.71 bits per heavy atom. The van der Waals surface area contributed by atoms with Crippen molar-refractivity contribution in [1.82, 2.24) is 0 Å². The maximum absolute atomic E-state index is 12.7. The Morgan fingerprint density at radius 1 is 1.10 bits per heavy atom. The molecule has 0 saturated heterocycles. The molecule has 1 saturated carbocycles. The van der Waals surface area contributed by atoms with Crippen LogP contribution in [0.15, 0.2) is 48.5 Å². The van der Waals surface area contributed by atoms with Crippen molar-refractivity contribution in [2.75, 3.05) is 11.4 Å². The number of rotatable bonds is 2. The molecule has 1 amide bonds. The van der Waals surface area contributed by atoms with Crippen LogP contribution in [0.3, 0.4) is 0 Å². The largest absolute Gasteiger partial charge is 0.312 e. The van der Waals surface area contributed by atoms with Gasteiger partial charge in [0, 0.05) is 23.2 Å². The van der Waals surface area contributed by atoms with E-state index < -0.39 is 0 Å². The van der Waals surface area contributed by atoms with Gasteiger partial charge in [0.2, 0.25) is 5.91 Å². The minimum Gasteiger partial charge on any atom is -0.312 e. The molecule has 2 nitrogen and oxygen atoms in total. The van der Waals surface area contributed by atoms with Gasteiger partial charge in [0.15, 0.2) is 0 Å². The number of carbonyl (C=O) groups is 1. The van der Waals surface area contributed by atoms with E-state index in [1.54, 1.807) is 0 Å². The monoisotopic (exact) mass is 297 g/mol. The van der Waals surface area contributed by atoms with Crippen LogP contribution < -0.4 is 4.90 Å². The molecule has 0 aromatic heterocycles. The van der Waals surface area contributed by atoms with E-state index in [1.807, 2.05) is 47.4 Å². The van der Waals surface area contributed by atoms with E-state index in [1.165, 1.54) is 5.56 Å². The molecule has 0 spiro atoms. The number of halogens is 1. The van der Waals surface area contributed by atoms with E-state index in [0.29, 0.717) is 5.92 Å². The van der Waals surface area contributed by atoms with Gasteiger partial charge in [-0.1, -0.05) is 48.0 Å². The molecule has 2 aromatic carbocycles. The van der Waals surface area contributed by atoms with Crippen LogP contribution in [0.2, 0.25) is 5.02 Å². The van der Waals surface area contributed by atoms with Crippen LogP contribution in [0.5, 0.6) is 0 Å². The van der Waals surface area contributed by atoms with Crippen molar-refractivity contribution in [1.29, 1.82) is 0 Å². The summed E-state index contributed by atoms with van der Waals surface area (Å²) in [6, 6.07) is 16.1. The topological polar surface area (TPSA) is 20.3 Å². The van der Waals surface area contributed by atoms with E-state index in [-0.39, 0.29) is 11.8 Å². The average Bonchev–Trinajstić information content (AvgIpc) is 3.18. The summed E-state index contributed by atoms with van der Waals surface area (Å²) in [7, 11) is 0. The van der Waals surface area contributed by atoms with E-state index in [0.717, 1.165) is 35.7 Å². The van der Waals surface area contributed by atoms with Crippen molar-refractivity contribution >= 4 is 23.2 Å². The number of fused-ring (bicyclic) bond motifs is 1. The Balaban J connectivity index is 1.55. The number of nitrogens with zero attached hydrogens (tertiary/aromatic N) is 1. The number of anilines is 1. The Bertz CT molecular complexity index is 712. The molecule has 1 aliphatic heterocycles. The van der Waals surface area contributed by atoms with Crippen LogP contribution in [0.1, 0.15) is 23.5 Å². The van der Waals surface area contributed by atoms with Gasteiger partial charge in [-0.05, 0) is 42.0 Å². The molecule has 106 valence electrons. The van der Waals surface area contributed by atoms with Crippen LogP contribution in [0, 0.1) is 5.92 Å². The minimum absolute atomic E-state index is 0.0936. The number of carbonyl (C=O) groups excluding carboxylic acids is 1. The van der Waals surface area contributed by atoms with Crippen LogP contribution in [0.4, 0.5) is 5.69 Å². The summed E-state index contributed by atoms with van der Waals surface area (Å²) in [5.41, 5.74) is 3.48. The Labute approximate surface area is 129 Å². The summed E-state index contributed by atoms with van der Waals surface area (Å²) >= 11 is 6.25. The molecular weight excluding hydrogens is 282 g/mol. The van der Waals surface area contributed by atoms with Crippen molar-refractivity contribution < 1.29 is 4.79 Å². The molecule has 4 rings (SSSR count). The first-order valence-electron chi connectivity index (χ1n) is 7.39. The fourth-order valence-corrected chi connectivity index (χ4v) is 3.63. The summed E-state index contributed by atoms with van der Waals surface area (Å²) in [6.07, 6.45) is 1.88. The summed E-state index contributed by atoms with van der Waals surface area (Å²) in [5, 5.41) is 0.777. The normalized spacial score (nSPS) is 23.0. The van der Waals surface area contributed by atoms with Crippen LogP contribution in [0.25, 0.3) is 0 Å². The third-order valence-electron chi connectivity index (χ3n) is 4.57. The summed E-state index contributed by atoms with van der Waals surface area (Å²) < 4.78 is 0. The lowest BCUT2D eigenvalue weighted by Crippen LogP contribution is -2.30. The highest BCUT2D eigenvalue weighted by molar-refractivity contribution is 6.31. The zero-order valence-electron chi connectivity index (χ0n) is 11.6. The fourth-order valence-electron chi connectivity index (χ4n) is 3.35. The van der Waals surface area contributed by atoms with Gasteiger partial charge in [-0.15, -0.1) is 0 Å². The minimum atomic E-state index is 0.0936. The van der Waals surface area contributed by atoms with Crippen LogP contribution >= 0.6 is 11.6 Å². The summed E-state index contributed by atoms with van der Waals surface area (Å²) in [4.78, 5) is 14.7. The lowest BCUT2D eigenvalue weighted by atomic mass is 10.1. The maximum Gasteiger partial charge on any atom is 0.230 e. The molecule has 21 heavy (non-hydrogen) atoms. The van der Waals surface area contributed by atoms with E-state index in [9.17, 15) is 4.79 Å². The molecule has 0 N–H and O–H groups in total. The fraction of sp³-hybridized carbons (Fsp3) is 0.278. The molecule has 1 aliphatic carbocycles. The molecule has 1 heterocycles. The van der Waals surface area contributed by atoms with Crippen molar-refractivity contribution in [3.05, 3.63) is 64.7 Å². The predicted octanol–water partition coefficient (Wildman–Crippen LogP) is 4.03. The van der Waals surface area contributed by atoms with Gasteiger partial charge in [0.05, 0.1) is 0 Å². The predicted molar refractivity (Wildman–Crippen MR) is 84.8 cm³/mol. The Morgan fingerprint density at radius 2 is 1.86 bits per heavy atom. The van der Waals surface area contributed by atoms with Gasteiger partial charge in [-0.3, -0.25) is 4.79 Å². The number of amides is 1. The zero-order valence-corrected chi connectivity index (χ0v) is 12.4. The first-order chi connectivity index (χ1) is 10.3. The quantitative estimate of drug-likeness (QED) is 0.819. The number of benzene rings is 2. The highest BCUT2D eigenvalue weighted by atomic mass is 35.5. The Hall–Kier alpha value is -1.80. The van der Waals surface area contributed by atoms with Gasteiger partial charge in [-0.25, -0.2) is 0 Å². The number of para-hydroxylation sites is 1. The van der Waals surface area contributed by atoms with Crippen molar-refractivity contribution in [2.45, 2.75) is 18.8 Å². The third kappa shape index (κ3) is 2.14. The number of hydrogen-bond donors (Lipinski definition) is 0. The first-order valence-corrected chi connectivity index (χ1v) is 7.77. The lowest BCUT2D eigenvalue weighted by Gasteiger charge is -2.17. The van der Waals surface area contributed by atoms with Crippen molar-refractivity contribution in [3.8, 4) is 0 Å². The SMILES string of the molecule is O=C(C1CC1c1ccccc1Cl)N1CCc2ccccc21. The first kappa shape index (κ1) is 12.9. The van der Waals surface area contributed by atoms with Gasteiger partial charge in [-0.2, -0.15) is 0 Å². The molecule has 1 fully saturated rings. The van der Waals surface area contributed by atoms with E-state index >= 15 is 0 Å². The molecule has 2 aromatic rings. The number of hydrogen-bond acceptors (Lipinski definition) is 1. The van der Waals surface area contributed by atoms with Crippen LogP contribution in [-0.2, 0) is 11.2 Å². The second kappa shape index (κ2) is 4.88. The molecule has 0 radical (unpaired) electrons. The van der Waals surface area contributed by atoms with Crippen molar-refractivity contribution in [2.24, 2.45) is 5.92 Å². The average molecular weight is 298 g/mol.